The van der Waals surface area contributed by atoms with Crippen molar-refractivity contribution in [2.75, 3.05) is 0 Å². The molecule has 0 bridgehead atoms. The van der Waals surface area contributed by atoms with Crippen molar-refractivity contribution in [3.8, 4) is 0 Å². The number of hydrogen-bond donors (Lipinski definition) is 0. The molecular weight excluding hydrogens is 296 g/mol. The highest BCUT2D eigenvalue weighted by Gasteiger charge is 2.16. The van der Waals surface area contributed by atoms with Gasteiger partial charge in [0.15, 0.2) is 0 Å². The van der Waals surface area contributed by atoms with Crippen LogP contribution in [-0.4, -0.2) is 9.38 Å². The lowest BCUT2D eigenvalue weighted by Gasteiger charge is -2.17. The van der Waals surface area contributed by atoms with Crippen molar-refractivity contribution in [3.05, 3.63) is 69.6 Å². The highest BCUT2D eigenvalue weighted by Crippen LogP contribution is 2.28. The average Bonchev–Trinajstić information content (AvgIpc) is 2.60. The second-order valence-corrected chi connectivity index (χ2v) is 6.27. The zero-order valence-electron chi connectivity index (χ0n) is 14.3. The van der Waals surface area contributed by atoms with Gasteiger partial charge < -0.3 is 0 Å². The van der Waals surface area contributed by atoms with Crippen molar-refractivity contribution >= 4 is 27.3 Å². The van der Waals surface area contributed by atoms with Crippen LogP contribution in [0.25, 0.3) is 27.3 Å². The Bertz CT molecular complexity index is 1160. The molecule has 24 heavy (non-hydrogen) atoms. The molecule has 0 saturated heterocycles. The summed E-state index contributed by atoms with van der Waals surface area (Å²) in [6.07, 6.45) is 1.71. The molecule has 0 radical (unpaired) electrons. The van der Waals surface area contributed by atoms with Gasteiger partial charge in [-0.3, -0.25) is 9.20 Å². The van der Waals surface area contributed by atoms with Crippen LogP contribution in [0.2, 0.25) is 0 Å². The fraction of sp³-hybridized carbons (Fsp3) is 0.238. The van der Waals surface area contributed by atoms with Gasteiger partial charge >= 0.3 is 0 Å². The van der Waals surface area contributed by atoms with E-state index < -0.39 is 0 Å². The van der Waals surface area contributed by atoms with Crippen LogP contribution in [0.15, 0.2) is 47.3 Å². The van der Waals surface area contributed by atoms with Gasteiger partial charge in [-0.15, -0.1) is 0 Å². The van der Waals surface area contributed by atoms with E-state index in [0.29, 0.717) is 5.39 Å². The molecule has 0 aliphatic heterocycles. The molecule has 0 spiro atoms. The highest BCUT2D eigenvalue weighted by molar-refractivity contribution is 5.99. The Morgan fingerprint density at radius 1 is 0.958 bits per heavy atom. The molecule has 2 aromatic carbocycles. The van der Waals surface area contributed by atoms with Crippen LogP contribution in [-0.2, 0) is 12.8 Å². The van der Waals surface area contributed by atoms with Crippen LogP contribution >= 0.6 is 0 Å². The molecule has 4 rings (SSSR count). The van der Waals surface area contributed by atoms with Crippen molar-refractivity contribution in [2.24, 2.45) is 0 Å². The van der Waals surface area contributed by atoms with Crippen LogP contribution in [0.3, 0.4) is 0 Å². The summed E-state index contributed by atoms with van der Waals surface area (Å²) in [6.45, 7) is 6.37. The molecule has 2 aromatic heterocycles. The van der Waals surface area contributed by atoms with Crippen LogP contribution in [0.1, 0.15) is 30.7 Å². The minimum absolute atomic E-state index is 0.0321. The van der Waals surface area contributed by atoms with E-state index in [0.717, 1.165) is 35.1 Å². The quantitative estimate of drug-likeness (QED) is 0.405. The predicted molar refractivity (Wildman–Crippen MR) is 100.0 cm³/mol. The number of pyridine rings is 1. The molecule has 0 saturated carbocycles. The average molecular weight is 316 g/mol. The van der Waals surface area contributed by atoms with Gasteiger partial charge in [-0.05, 0) is 42.8 Å². The molecule has 0 atom stereocenters. The lowest BCUT2D eigenvalue weighted by molar-refractivity contribution is 0.906. The smallest absolute Gasteiger partial charge is 0.265 e. The molecule has 0 amide bonds. The molecule has 0 fully saturated rings. The third kappa shape index (κ3) is 1.97. The van der Waals surface area contributed by atoms with Gasteiger partial charge in [0.05, 0.1) is 10.9 Å². The summed E-state index contributed by atoms with van der Waals surface area (Å²) < 4.78 is 1.83. The van der Waals surface area contributed by atoms with Crippen molar-refractivity contribution < 1.29 is 0 Å². The number of nitrogens with zero attached hydrogens (tertiary/aromatic N) is 2. The third-order valence-corrected chi connectivity index (χ3v) is 4.82. The number of benzene rings is 2. The number of rotatable bonds is 2. The highest BCUT2D eigenvalue weighted by atomic mass is 16.1. The van der Waals surface area contributed by atoms with E-state index in [1.54, 1.807) is 0 Å². The summed E-state index contributed by atoms with van der Waals surface area (Å²) in [5.74, 6) is 0. The Morgan fingerprint density at radius 2 is 1.75 bits per heavy atom. The molecule has 120 valence electrons. The fourth-order valence-corrected chi connectivity index (χ4v) is 3.72. The van der Waals surface area contributed by atoms with Gasteiger partial charge in [0.1, 0.15) is 5.65 Å². The van der Waals surface area contributed by atoms with Gasteiger partial charge in [0, 0.05) is 11.1 Å². The summed E-state index contributed by atoms with van der Waals surface area (Å²) in [4.78, 5) is 18.0. The Labute approximate surface area is 140 Å². The maximum atomic E-state index is 13.2. The van der Waals surface area contributed by atoms with E-state index in [-0.39, 0.29) is 5.56 Å². The topological polar surface area (TPSA) is 34.4 Å². The van der Waals surface area contributed by atoms with Crippen LogP contribution in [0.5, 0.6) is 0 Å². The van der Waals surface area contributed by atoms with Crippen LogP contribution < -0.4 is 5.56 Å². The first-order chi connectivity index (χ1) is 11.7. The molecule has 0 aliphatic rings. The largest absolute Gasteiger partial charge is 0.268 e. The van der Waals surface area contributed by atoms with Crippen molar-refractivity contribution in [2.45, 2.75) is 33.6 Å². The van der Waals surface area contributed by atoms with Crippen molar-refractivity contribution in [3.63, 3.8) is 0 Å². The second-order valence-electron chi connectivity index (χ2n) is 6.27. The Morgan fingerprint density at radius 3 is 2.50 bits per heavy atom. The normalized spacial score (nSPS) is 11.6. The van der Waals surface area contributed by atoms with Gasteiger partial charge in [-0.2, -0.15) is 0 Å². The Balaban J connectivity index is 2.38. The number of fused-ring (bicyclic) bond motifs is 4. The maximum Gasteiger partial charge on any atom is 0.265 e. The summed E-state index contributed by atoms with van der Waals surface area (Å²) in [6, 6.07) is 14.0. The molecule has 4 aromatic rings. The van der Waals surface area contributed by atoms with E-state index >= 15 is 0 Å². The standard InChI is InChI=1S/C21H20N2O/c1-4-14-17-12-13(3)10-11-15(17)20-22-18-9-7-6-8-16(18)21(24)23(20)19(14)5-2/h6-12H,4-5H2,1-3H3. The van der Waals surface area contributed by atoms with Crippen molar-refractivity contribution in [1.29, 1.82) is 0 Å². The Hall–Kier alpha value is -2.68. The molecular formula is C21H20N2O. The zero-order valence-corrected chi connectivity index (χ0v) is 14.3. The molecule has 2 heterocycles. The fourth-order valence-electron chi connectivity index (χ4n) is 3.72. The van der Waals surface area contributed by atoms with Gasteiger partial charge in [-0.25, -0.2) is 4.98 Å². The first-order valence-electron chi connectivity index (χ1n) is 8.51. The van der Waals surface area contributed by atoms with Crippen LogP contribution in [0, 0.1) is 6.92 Å². The SMILES string of the molecule is CCc1c(CC)n2c(=O)c3ccccc3nc2c2ccc(C)cc12. The van der Waals surface area contributed by atoms with E-state index in [4.69, 9.17) is 4.98 Å². The van der Waals surface area contributed by atoms with Crippen LogP contribution in [0.4, 0.5) is 0 Å². The predicted octanol–water partition coefficient (Wildman–Crippen LogP) is 4.43. The van der Waals surface area contributed by atoms with Gasteiger partial charge in [0.2, 0.25) is 0 Å². The van der Waals surface area contributed by atoms with Gasteiger partial charge in [0.25, 0.3) is 5.56 Å². The summed E-state index contributed by atoms with van der Waals surface area (Å²) in [7, 11) is 0. The van der Waals surface area contributed by atoms with E-state index in [1.165, 1.54) is 16.5 Å². The first-order valence-corrected chi connectivity index (χ1v) is 8.51. The third-order valence-electron chi connectivity index (χ3n) is 4.82. The maximum absolute atomic E-state index is 13.2. The lowest BCUT2D eigenvalue weighted by atomic mass is 9.98. The van der Waals surface area contributed by atoms with E-state index in [1.807, 2.05) is 28.7 Å². The number of aromatic nitrogens is 2. The number of aryl methyl sites for hydroxylation is 3. The summed E-state index contributed by atoms with van der Waals surface area (Å²) in [5, 5.41) is 2.95. The molecule has 0 N–H and O–H groups in total. The molecule has 0 unspecified atom stereocenters. The number of para-hydroxylation sites is 1. The lowest BCUT2D eigenvalue weighted by Crippen LogP contribution is -2.20. The van der Waals surface area contributed by atoms with E-state index in [2.05, 4.69) is 39.0 Å². The monoisotopic (exact) mass is 316 g/mol. The molecule has 0 aliphatic carbocycles. The number of hydrogen-bond acceptors (Lipinski definition) is 2. The Kier molecular flexibility index (Phi) is 3.38. The first kappa shape index (κ1) is 14.9. The zero-order chi connectivity index (χ0) is 16.8. The minimum atomic E-state index is 0.0321. The molecule has 3 heteroatoms. The van der Waals surface area contributed by atoms with E-state index in [9.17, 15) is 4.79 Å². The minimum Gasteiger partial charge on any atom is -0.268 e. The second kappa shape index (κ2) is 5.45. The molecule has 3 nitrogen and oxygen atoms in total. The summed E-state index contributed by atoms with van der Waals surface area (Å²) >= 11 is 0. The van der Waals surface area contributed by atoms with Crippen molar-refractivity contribution in [1.82, 2.24) is 9.38 Å². The van der Waals surface area contributed by atoms with Gasteiger partial charge in [-0.1, -0.05) is 49.7 Å². The summed E-state index contributed by atoms with van der Waals surface area (Å²) in [5.41, 5.74) is 5.12.